The van der Waals surface area contributed by atoms with E-state index < -0.39 is 0 Å². The molecule has 2 aromatic rings. The molecule has 27 heavy (non-hydrogen) atoms. The summed E-state index contributed by atoms with van der Waals surface area (Å²) in [6.07, 6.45) is 0.753. The Hall–Kier alpha value is -2.86. The average molecular weight is 369 g/mol. The topological polar surface area (TPSA) is 79.5 Å². The van der Waals surface area contributed by atoms with Crippen molar-refractivity contribution in [2.45, 2.75) is 20.3 Å². The van der Waals surface area contributed by atoms with Gasteiger partial charge in [0.25, 0.3) is 5.91 Å². The summed E-state index contributed by atoms with van der Waals surface area (Å²) in [4.78, 5) is 24.4. The van der Waals surface area contributed by atoms with Crippen LogP contribution in [0.1, 0.15) is 27.9 Å². The lowest BCUT2D eigenvalue weighted by atomic mass is 10.1. The molecule has 6 heteroatoms. The van der Waals surface area contributed by atoms with E-state index >= 15 is 0 Å². The quantitative estimate of drug-likeness (QED) is 0.594. The normalized spacial score (nSPS) is 10.3. The van der Waals surface area contributed by atoms with Gasteiger partial charge in [0.05, 0.1) is 6.54 Å². The van der Waals surface area contributed by atoms with Crippen LogP contribution in [0.15, 0.2) is 42.5 Å². The van der Waals surface area contributed by atoms with Gasteiger partial charge >= 0.3 is 0 Å². The van der Waals surface area contributed by atoms with Crippen LogP contribution >= 0.6 is 0 Å². The highest BCUT2D eigenvalue weighted by Crippen LogP contribution is 2.16. The van der Waals surface area contributed by atoms with E-state index in [1.54, 1.807) is 31.4 Å². The molecule has 2 amide bonds. The molecule has 6 nitrogen and oxygen atoms in total. The Bertz CT molecular complexity index is 790. The van der Waals surface area contributed by atoms with E-state index in [2.05, 4.69) is 16.0 Å². The minimum atomic E-state index is -0.173. The molecule has 0 spiro atoms. The number of anilines is 2. The highest BCUT2D eigenvalue weighted by molar-refractivity contribution is 5.98. The summed E-state index contributed by atoms with van der Waals surface area (Å²) >= 11 is 0. The molecule has 144 valence electrons. The van der Waals surface area contributed by atoms with Gasteiger partial charge in [0.1, 0.15) is 0 Å². The van der Waals surface area contributed by atoms with Crippen LogP contribution in [0.2, 0.25) is 0 Å². The van der Waals surface area contributed by atoms with Crippen molar-refractivity contribution in [3.05, 3.63) is 59.2 Å². The first-order valence-corrected chi connectivity index (χ1v) is 8.98. The van der Waals surface area contributed by atoms with Crippen molar-refractivity contribution < 1.29 is 14.3 Å². The third kappa shape index (κ3) is 6.75. The molecule has 0 aliphatic carbocycles. The maximum atomic E-state index is 12.2. The summed E-state index contributed by atoms with van der Waals surface area (Å²) in [6.45, 7) is 5.30. The zero-order valence-corrected chi connectivity index (χ0v) is 16.1. The van der Waals surface area contributed by atoms with Crippen molar-refractivity contribution in [1.29, 1.82) is 0 Å². The Morgan fingerprint density at radius 1 is 1.07 bits per heavy atom. The number of benzene rings is 2. The third-order valence-electron chi connectivity index (χ3n) is 4.05. The largest absolute Gasteiger partial charge is 0.385 e. The van der Waals surface area contributed by atoms with E-state index in [-0.39, 0.29) is 18.4 Å². The van der Waals surface area contributed by atoms with E-state index in [4.69, 9.17) is 4.74 Å². The molecule has 2 aromatic carbocycles. The molecule has 0 aliphatic heterocycles. The number of methoxy groups -OCH3 is 1. The molecule has 0 atom stereocenters. The van der Waals surface area contributed by atoms with Gasteiger partial charge in [-0.15, -0.1) is 0 Å². The smallest absolute Gasteiger partial charge is 0.251 e. The molecule has 0 saturated heterocycles. The number of amides is 2. The standard InChI is InChI=1S/C21H27N3O3/c1-15-8-9-16(2)19(12-15)23-14-20(25)24-18-7-4-6-17(13-18)21(26)22-10-5-11-27-3/h4,6-9,12-13,23H,5,10-11,14H2,1-3H3,(H,22,26)(H,24,25). The van der Waals surface area contributed by atoms with Crippen LogP contribution in [-0.2, 0) is 9.53 Å². The Labute approximate surface area is 160 Å². The summed E-state index contributed by atoms with van der Waals surface area (Å²) < 4.78 is 4.96. The Balaban J connectivity index is 1.88. The second-order valence-corrected chi connectivity index (χ2v) is 6.40. The summed E-state index contributed by atoms with van der Waals surface area (Å²) in [5.41, 5.74) is 4.25. The van der Waals surface area contributed by atoms with E-state index in [9.17, 15) is 9.59 Å². The lowest BCUT2D eigenvalue weighted by Crippen LogP contribution is -2.25. The highest BCUT2D eigenvalue weighted by atomic mass is 16.5. The van der Waals surface area contributed by atoms with Crippen molar-refractivity contribution in [2.75, 3.05) is 37.4 Å². The molecule has 2 rings (SSSR count). The number of rotatable bonds is 9. The third-order valence-corrected chi connectivity index (χ3v) is 4.05. The molecular weight excluding hydrogens is 342 g/mol. The molecule has 0 unspecified atom stereocenters. The van der Waals surface area contributed by atoms with Crippen molar-refractivity contribution in [3.63, 3.8) is 0 Å². The lowest BCUT2D eigenvalue weighted by molar-refractivity contribution is -0.114. The molecule has 0 saturated carbocycles. The summed E-state index contributed by atoms with van der Waals surface area (Å²) in [5.74, 6) is -0.343. The summed E-state index contributed by atoms with van der Waals surface area (Å²) in [7, 11) is 1.63. The molecule has 0 radical (unpaired) electrons. The van der Waals surface area contributed by atoms with Crippen LogP contribution in [0.25, 0.3) is 0 Å². The fourth-order valence-electron chi connectivity index (χ4n) is 2.57. The number of carbonyl (C=O) groups excluding carboxylic acids is 2. The maximum absolute atomic E-state index is 12.2. The van der Waals surface area contributed by atoms with Crippen LogP contribution in [0.4, 0.5) is 11.4 Å². The second-order valence-electron chi connectivity index (χ2n) is 6.40. The fraction of sp³-hybridized carbons (Fsp3) is 0.333. The highest BCUT2D eigenvalue weighted by Gasteiger charge is 2.08. The monoisotopic (exact) mass is 369 g/mol. The predicted molar refractivity (Wildman–Crippen MR) is 108 cm³/mol. The van der Waals surface area contributed by atoms with Gasteiger partial charge in [0.15, 0.2) is 0 Å². The first kappa shape index (κ1) is 20.5. The van der Waals surface area contributed by atoms with Crippen molar-refractivity contribution >= 4 is 23.2 Å². The SMILES string of the molecule is COCCCNC(=O)c1cccc(NC(=O)CNc2cc(C)ccc2C)c1. The first-order valence-electron chi connectivity index (χ1n) is 8.98. The minimum absolute atomic E-state index is 0.151. The fourth-order valence-corrected chi connectivity index (χ4v) is 2.57. The van der Waals surface area contributed by atoms with Gasteiger partial charge in [-0.25, -0.2) is 0 Å². The zero-order valence-electron chi connectivity index (χ0n) is 16.1. The number of hydrogen-bond donors (Lipinski definition) is 3. The Morgan fingerprint density at radius 2 is 1.89 bits per heavy atom. The molecule has 0 fully saturated rings. The van der Waals surface area contributed by atoms with Crippen LogP contribution in [-0.4, -0.2) is 38.6 Å². The van der Waals surface area contributed by atoms with Crippen molar-refractivity contribution in [2.24, 2.45) is 0 Å². The van der Waals surface area contributed by atoms with Crippen LogP contribution in [0.3, 0.4) is 0 Å². The van der Waals surface area contributed by atoms with Crippen molar-refractivity contribution in [3.8, 4) is 0 Å². The van der Waals surface area contributed by atoms with Crippen LogP contribution in [0, 0.1) is 13.8 Å². The zero-order chi connectivity index (χ0) is 19.6. The molecular formula is C21H27N3O3. The molecule has 3 N–H and O–H groups in total. The van der Waals surface area contributed by atoms with E-state index in [0.29, 0.717) is 24.4 Å². The van der Waals surface area contributed by atoms with E-state index in [1.807, 2.05) is 32.0 Å². The molecule has 0 heterocycles. The van der Waals surface area contributed by atoms with Crippen LogP contribution < -0.4 is 16.0 Å². The predicted octanol–water partition coefficient (Wildman–Crippen LogP) is 3.12. The minimum Gasteiger partial charge on any atom is -0.385 e. The van der Waals surface area contributed by atoms with Gasteiger partial charge in [-0.3, -0.25) is 9.59 Å². The number of hydrogen-bond acceptors (Lipinski definition) is 4. The number of carbonyl (C=O) groups is 2. The van der Waals surface area contributed by atoms with Gasteiger partial charge in [0.2, 0.25) is 5.91 Å². The summed E-state index contributed by atoms with van der Waals surface area (Å²) in [5, 5.41) is 8.79. The first-order chi connectivity index (χ1) is 13.0. The number of aryl methyl sites for hydroxylation is 2. The van der Waals surface area contributed by atoms with Gasteiger partial charge in [-0.2, -0.15) is 0 Å². The van der Waals surface area contributed by atoms with Crippen molar-refractivity contribution in [1.82, 2.24) is 5.32 Å². The second kappa shape index (κ2) is 10.3. The van der Waals surface area contributed by atoms with Gasteiger partial charge < -0.3 is 20.7 Å². The van der Waals surface area contributed by atoms with Crippen LogP contribution in [0.5, 0.6) is 0 Å². The average Bonchev–Trinajstić information content (AvgIpc) is 2.66. The number of nitrogens with one attached hydrogen (secondary N) is 3. The maximum Gasteiger partial charge on any atom is 0.251 e. The molecule has 0 aromatic heterocycles. The van der Waals surface area contributed by atoms with Gasteiger partial charge in [0, 0.05) is 37.2 Å². The Morgan fingerprint density at radius 3 is 2.67 bits per heavy atom. The van der Waals surface area contributed by atoms with Gasteiger partial charge in [-0.1, -0.05) is 18.2 Å². The van der Waals surface area contributed by atoms with E-state index in [1.165, 1.54) is 0 Å². The Kier molecular flexibility index (Phi) is 7.82. The van der Waals surface area contributed by atoms with E-state index in [0.717, 1.165) is 23.2 Å². The van der Waals surface area contributed by atoms with Gasteiger partial charge in [-0.05, 0) is 55.7 Å². The molecule has 0 bridgehead atoms. The summed E-state index contributed by atoms with van der Waals surface area (Å²) in [6, 6.07) is 13.0. The molecule has 0 aliphatic rings. The number of ether oxygens (including phenoxy) is 1. The lowest BCUT2D eigenvalue weighted by Gasteiger charge is -2.11.